The van der Waals surface area contributed by atoms with E-state index in [1.165, 1.54) is 44.2 Å². The summed E-state index contributed by atoms with van der Waals surface area (Å²) in [4.78, 5) is 0. The van der Waals surface area contributed by atoms with E-state index in [9.17, 15) is 4.39 Å². The number of ether oxygens (including phenoxy) is 1. The summed E-state index contributed by atoms with van der Waals surface area (Å²) >= 11 is 0. The lowest BCUT2D eigenvalue weighted by Crippen LogP contribution is -2.42. The normalized spacial score (nSPS) is 20.2. The molecule has 4 heteroatoms. The Morgan fingerprint density at radius 3 is 2.37 bits per heavy atom. The Labute approximate surface area is 114 Å². The highest BCUT2D eigenvalue weighted by Gasteiger charge is 2.31. The van der Waals surface area contributed by atoms with Crippen LogP contribution in [-0.4, -0.2) is 13.2 Å². The van der Waals surface area contributed by atoms with Crippen molar-refractivity contribution in [3.63, 3.8) is 0 Å². The molecule has 2 unspecified atom stereocenters. The van der Waals surface area contributed by atoms with Gasteiger partial charge in [-0.2, -0.15) is 0 Å². The fourth-order valence-electron chi connectivity index (χ4n) is 3.11. The molecule has 0 radical (unpaired) electrons. The van der Waals surface area contributed by atoms with Crippen molar-refractivity contribution in [2.75, 3.05) is 7.11 Å². The highest BCUT2D eigenvalue weighted by molar-refractivity contribution is 5.21. The minimum absolute atomic E-state index is 0.0377. The molecule has 2 atom stereocenters. The predicted octanol–water partition coefficient (Wildman–Crippen LogP) is 2.93. The van der Waals surface area contributed by atoms with Crippen molar-refractivity contribution in [2.45, 2.75) is 44.2 Å². The fourth-order valence-corrected chi connectivity index (χ4v) is 3.11. The van der Waals surface area contributed by atoms with Crippen molar-refractivity contribution in [3.8, 4) is 0 Å². The van der Waals surface area contributed by atoms with Gasteiger partial charge >= 0.3 is 0 Å². The maximum atomic E-state index is 13.0. The first-order valence-corrected chi connectivity index (χ1v) is 7.00. The first kappa shape index (κ1) is 14.4. The van der Waals surface area contributed by atoms with Gasteiger partial charge in [-0.15, -0.1) is 0 Å². The number of hydrogen-bond donors (Lipinski definition) is 2. The van der Waals surface area contributed by atoms with Crippen LogP contribution in [0.4, 0.5) is 4.39 Å². The number of nitrogens with one attached hydrogen (secondary N) is 1. The molecular formula is C15H23FN2O. The van der Waals surface area contributed by atoms with Gasteiger partial charge < -0.3 is 4.74 Å². The van der Waals surface area contributed by atoms with E-state index in [1.807, 2.05) is 0 Å². The Hall–Kier alpha value is -0.970. The molecule has 1 aromatic rings. The van der Waals surface area contributed by atoms with Crippen LogP contribution in [0.5, 0.6) is 0 Å². The average molecular weight is 266 g/mol. The summed E-state index contributed by atoms with van der Waals surface area (Å²) in [5.41, 5.74) is 3.81. The van der Waals surface area contributed by atoms with Crippen LogP contribution in [0, 0.1) is 11.7 Å². The summed E-state index contributed by atoms with van der Waals surface area (Å²) < 4.78 is 18.7. The second-order valence-corrected chi connectivity index (χ2v) is 5.29. The Kier molecular flexibility index (Phi) is 5.31. The van der Waals surface area contributed by atoms with Crippen molar-refractivity contribution in [1.29, 1.82) is 0 Å². The van der Waals surface area contributed by atoms with E-state index in [0.717, 1.165) is 5.56 Å². The molecule has 0 aromatic heterocycles. The first-order chi connectivity index (χ1) is 9.26. The van der Waals surface area contributed by atoms with Gasteiger partial charge in [-0.3, -0.25) is 11.3 Å². The van der Waals surface area contributed by atoms with E-state index in [2.05, 4.69) is 5.43 Å². The maximum absolute atomic E-state index is 13.0. The molecule has 19 heavy (non-hydrogen) atoms. The molecule has 0 spiro atoms. The van der Waals surface area contributed by atoms with Crippen LogP contribution < -0.4 is 11.3 Å². The molecule has 0 bridgehead atoms. The predicted molar refractivity (Wildman–Crippen MR) is 73.8 cm³/mol. The minimum Gasteiger partial charge on any atom is -0.379 e. The molecule has 3 nitrogen and oxygen atoms in total. The second-order valence-electron chi connectivity index (χ2n) is 5.29. The van der Waals surface area contributed by atoms with Gasteiger partial charge in [-0.25, -0.2) is 4.39 Å². The summed E-state index contributed by atoms with van der Waals surface area (Å²) in [5, 5.41) is 0. The number of methoxy groups -OCH3 is 1. The molecule has 1 aliphatic rings. The molecular weight excluding hydrogens is 243 g/mol. The number of rotatable bonds is 5. The van der Waals surface area contributed by atoms with E-state index >= 15 is 0 Å². The zero-order valence-corrected chi connectivity index (χ0v) is 11.4. The van der Waals surface area contributed by atoms with Gasteiger partial charge in [-0.1, -0.05) is 31.4 Å². The van der Waals surface area contributed by atoms with Gasteiger partial charge in [0.2, 0.25) is 0 Å². The lowest BCUT2D eigenvalue weighted by molar-refractivity contribution is 0.00748. The van der Waals surface area contributed by atoms with Crippen LogP contribution in [0.2, 0.25) is 0 Å². The van der Waals surface area contributed by atoms with Crippen LogP contribution in [0.25, 0.3) is 0 Å². The molecule has 0 amide bonds. The van der Waals surface area contributed by atoms with Crippen molar-refractivity contribution in [2.24, 2.45) is 11.8 Å². The fraction of sp³-hybridized carbons (Fsp3) is 0.600. The minimum atomic E-state index is -0.230. The number of hydrogen-bond acceptors (Lipinski definition) is 3. The van der Waals surface area contributed by atoms with E-state index < -0.39 is 0 Å². The van der Waals surface area contributed by atoms with Gasteiger partial charge in [-0.05, 0) is 36.5 Å². The van der Waals surface area contributed by atoms with Gasteiger partial charge in [0.25, 0.3) is 0 Å². The van der Waals surface area contributed by atoms with E-state index in [-0.39, 0.29) is 18.0 Å². The summed E-state index contributed by atoms with van der Waals surface area (Å²) in [6.07, 6.45) is 6.21. The molecule has 0 heterocycles. The molecule has 0 saturated heterocycles. The highest BCUT2D eigenvalue weighted by Crippen LogP contribution is 2.33. The Morgan fingerprint density at radius 1 is 1.21 bits per heavy atom. The topological polar surface area (TPSA) is 47.3 Å². The highest BCUT2D eigenvalue weighted by atomic mass is 19.1. The molecule has 1 fully saturated rings. The smallest absolute Gasteiger partial charge is 0.123 e. The number of halogens is 1. The SMILES string of the molecule is COC(C1CCCCC1)C(NN)c1ccc(F)cc1. The van der Waals surface area contributed by atoms with E-state index in [1.54, 1.807) is 19.2 Å². The molecule has 0 aliphatic heterocycles. The van der Waals surface area contributed by atoms with Crippen LogP contribution in [0.3, 0.4) is 0 Å². The van der Waals surface area contributed by atoms with Gasteiger partial charge in [0.05, 0.1) is 12.1 Å². The van der Waals surface area contributed by atoms with E-state index in [0.29, 0.717) is 5.92 Å². The van der Waals surface area contributed by atoms with Crippen LogP contribution >= 0.6 is 0 Å². The van der Waals surface area contributed by atoms with Crippen molar-refractivity contribution >= 4 is 0 Å². The third-order valence-corrected chi connectivity index (χ3v) is 4.12. The maximum Gasteiger partial charge on any atom is 0.123 e. The number of nitrogens with two attached hydrogens (primary N) is 1. The average Bonchev–Trinajstić information content (AvgIpc) is 2.47. The molecule has 106 valence electrons. The lowest BCUT2D eigenvalue weighted by atomic mass is 9.81. The quantitative estimate of drug-likeness (QED) is 0.636. The Morgan fingerprint density at radius 2 is 1.84 bits per heavy atom. The van der Waals surface area contributed by atoms with Crippen LogP contribution in [0.15, 0.2) is 24.3 Å². The zero-order valence-electron chi connectivity index (χ0n) is 11.4. The first-order valence-electron chi connectivity index (χ1n) is 7.00. The number of hydrazine groups is 1. The Bertz CT molecular complexity index is 376. The van der Waals surface area contributed by atoms with E-state index in [4.69, 9.17) is 10.6 Å². The monoisotopic (exact) mass is 266 g/mol. The lowest BCUT2D eigenvalue weighted by Gasteiger charge is -2.34. The summed E-state index contributed by atoms with van der Waals surface area (Å²) in [6, 6.07) is 6.39. The van der Waals surface area contributed by atoms with Gasteiger partial charge in [0, 0.05) is 7.11 Å². The van der Waals surface area contributed by atoms with Crippen molar-refractivity contribution < 1.29 is 9.13 Å². The molecule has 1 aromatic carbocycles. The zero-order chi connectivity index (χ0) is 13.7. The standard InChI is InChI=1S/C15H23FN2O/c1-19-15(12-5-3-2-4-6-12)14(18-17)11-7-9-13(16)10-8-11/h7-10,12,14-15,18H,2-6,17H2,1H3. The summed E-state index contributed by atoms with van der Waals surface area (Å²) in [7, 11) is 1.73. The number of benzene rings is 1. The molecule has 1 aliphatic carbocycles. The van der Waals surface area contributed by atoms with Gasteiger partial charge in [0.1, 0.15) is 5.82 Å². The van der Waals surface area contributed by atoms with Crippen LogP contribution in [0.1, 0.15) is 43.7 Å². The summed E-state index contributed by atoms with van der Waals surface area (Å²) in [6.45, 7) is 0. The van der Waals surface area contributed by atoms with Gasteiger partial charge in [0.15, 0.2) is 0 Å². The largest absolute Gasteiger partial charge is 0.379 e. The summed E-state index contributed by atoms with van der Waals surface area (Å²) in [5.74, 6) is 5.99. The molecule has 2 rings (SSSR count). The molecule has 1 saturated carbocycles. The molecule has 3 N–H and O–H groups in total. The Balaban J connectivity index is 2.15. The third-order valence-electron chi connectivity index (χ3n) is 4.12. The third kappa shape index (κ3) is 3.53. The van der Waals surface area contributed by atoms with Crippen molar-refractivity contribution in [3.05, 3.63) is 35.6 Å². The second kappa shape index (κ2) is 6.98. The van der Waals surface area contributed by atoms with Crippen molar-refractivity contribution in [1.82, 2.24) is 5.43 Å². The van der Waals surface area contributed by atoms with Crippen LogP contribution in [-0.2, 0) is 4.74 Å².